The maximum absolute atomic E-state index is 12.1. The Bertz CT molecular complexity index is 377. The van der Waals surface area contributed by atoms with Gasteiger partial charge in [0.2, 0.25) is 0 Å². The average molecular weight is 284 g/mol. The lowest BCUT2D eigenvalue weighted by atomic mass is 9.93. The third-order valence-electron chi connectivity index (χ3n) is 4.51. The van der Waals surface area contributed by atoms with Crippen molar-refractivity contribution >= 4 is 12.0 Å². The summed E-state index contributed by atoms with van der Waals surface area (Å²) < 4.78 is 5.66. The Morgan fingerprint density at radius 2 is 1.90 bits per heavy atom. The molecule has 1 saturated carbocycles. The van der Waals surface area contributed by atoms with Crippen molar-refractivity contribution in [1.29, 1.82) is 0 Å². The minimum atomic E-state index is -1.18. The molecular weight excluding hydrogens is 260 g/mol. The molecule has 20 heavy (non-hydrogen) atoms. The van der Waals surface area contributed by atoms with E-state index >= 15 is 0 Å². The SMILES string of the molecule is CCC(CC)(NC(=O)NC1CCOC1C1CC1)C(=O)O. The second kappa shape index (κ2) is 5.99. The first kappa shape index (κ1) is 15.1. The van der Waals surface area contributed by atoms with E-state index in [1.54, 1.807) is 13.8 Å². The highest BCUT2D eigenvalue weighted by Crippen LogP contribution is 2.38. The number of carboxylic acid groups (broad SMARTS) is 1. The van der Waals surface area contributed by atoms with E-state index in [1.165, 1.54) is 0 Å². The fraction of sp³-hybridized carbons (Fsp3) is 0.857. The van der Waals surface area contributed by atoms with Crippen LogP contribution in [-0.4, -0.2) is 41.4 Å². The zero-order valence-corrected chi connectivity index (χ0v) is 12.1. The van der Waals surface area contributed by atoms with Gasteiger partial charge in [0.1, 0.15) is 5.54 Å². The number of carboxylic acids is 1. The number of nitrogens with one attached hydrogen (secondary N) is 2. The molecule has 0 bridgehead atoms. The molecule has 0 aromatic rings. The van der Waals surface area contributed by atoms with E-state index in [2.05, 4.69) is 10.6 Å². The van der Waals surface area contributed by atoms with Crippen LogP contribution in [0.1, 0.15) is 46.0 Å². The molecule has 2 fully saturated rings. The number of amides is 2. The van der Waals surface area contributed by atoms with Crippen LogP contribution in [-0.2, 0) is 9.53 Å². The van der Waals surface area contributed by atoms with E-state index in [0.717, 1.165) is 19.3 Å². The lowest BCUT2D eigenvalue weighted by Crippen LogP contribution is -2.58. The molecule has 1 saturated heterocycles. The zero-order chi connectivity index (χ0) is 14.8. The lowest BCUT2D eigenvalue weighted by Gasteiger charge is -2.29. The topological polar surface area (TPSA) is 87.7 Å². The molecule has 1 aliphatic heterocycles. The Balaban J connectivity index is 1.92. The van der Waals surface area contributed by atoms with Gasteiger partial charge in [-0.2, -0.15) is 0 Å². The number of hydrogen-bond donors (Lipinski definition) is 3. The largest absolute Gasteiger partial charge is 0.480 e. The van der Waals surface area contributed by atoms with Gasteiger partial charge in [-0.05, 0) is 38.0 Å². The highest BCUT2D eigenvalue weighted by molar-refractivity contribution is 5.86. The van der Waals surface area contributed by atoms with Gasteiger partial charge >= 0.3 is 12.0 Å². The smallest absolute Gasteiger partial charge is 0.329 e. The first-order valence-electron chi connectivity index (χ1n) is 7.46. The van der Waals surface area contributed by atoms with Crippen molar-refractivity contribution in [2.75, 3.05) is 6.61 Å². The van der Waals surface area contributed by atoms with Gasteiger partial charge in [0.15, 0.2) is 0 Å². The van der Waals surface area contributed by atoms with Crippen LogP contribution in [0.15, 0.2) is 0 Å². The molecule has 6 heteroatoms. The minimum Gasteiger partial charge on any atom is -0.480 e. The van der Waals surface area contributed by atoms with Crippen LogP contribution in [0, 0.1) is 5.92 Å². The van der Waals surface area contributed by atoms with Gasteiger partial charge in [-0.1, -0.05) is 13.8 Å². The predicted octanol–water partition coefficient (Wildman–Crippen LogP) is 1.50. The molecule has 0 spiro atoms. The van der Waals surface area contributed by atoms with E-state index in [4.69, 9.17) is 4.74 Å². The molecule has 2 amide bonds. The lowest BCUT2D eigenvalue weighted by molar-refractivity contribution is -0.144. The van der Waals surface area contributed by atoms with Crippen molar-refractivity contribution in [3.8, 4) is 0 Å². The van der Waals surface area contributed by atoms with Gasteiger partial charge in [-0.3, -0.25) is 0 Å². The van der Waals surface area contributed by atoms with E-state index < -0.39 is 17.5 Å². The molecular formula is C14H24N2O4. The standard InChI is InChI=1S/C14H24N2O4/c1-3-14(4-2,12(17)18)16-13(19)15-10-7-8-20-11(10)9-5-6-9/h9-11H,3-8H2,1-2H3,(H,17,18)(H2,15,16,19). The summed E-state index contributed by atoms with van der Waals surface area (Å²) >= 11 is 0. The molecule has 2 unspecified atom stereocenters. The Hall–Kier alpha value is -1.30. The van der Waals surface area contributed by atoms with Gasteiger partial charge in [-0.25, -0.2) is 9.59 Å². The van der Waals surface area contributed by atoms with E-state index in [1.807, 2.05) is 0 Å². The number of aliphatic carboxylic acids is 1. The first-order valence-corrected chi connectivity index (χ1v) is 7.46. The molecule has 2 atom stereocenters. The zero-order valence-electron chi connectivity index (χ0n) is 12.1. The summed E-state index contributed by atoms with van der Waals surface area (Å²) in [5.41, 5.74) is -1.18. The number of hydrogen-bond acceptors (Lipinski definition) is 3. The van der Waals surface area contributed by atoms with Crippen molar-refractivity contribution in [3.63, 3.8) is 0 Å². The summed E-state index contributed by atoms with van der Waals surface area (Å²) in [6, 6.07) is -0.403. The Morgan fingerprint density at radius 3 is 2.40 bits per heavy atom. The number of ether oxygens (including phenoxy) is 1. The fourth-order valence-corrected chi connectivity index (χ4v) is 2.86. The van der Waals surface area contributed by atoms with Crippen LogP contribution in [0.2, 0.25) is 0 Å². The molecule has 0 radical (unpaired) electrons. The molecule has 1 aliphatic carbocycles. The molecule has 1 heterocycles. The third-order valence-corrected chi connectivity index (χ3v) is 4.51. The summed E-state index contributed by atoms with van der Waals surface area (Å²) in [5.74, 6) is -0.427. The summed E-state index contributed by atoms with van der Waals surface area (Å²) in [4.78, 5) is 23.5. The van der Waals surface area contributed by atoms with E-state index in [-0.39, 0.29) is 12.1 Å². The number of rotatable bonds is 6. The Kier molecular flexibility index (Phi) is 4.52. The van der Waals surface area contributed by atoms with Gasteiger partial charge < -0.3 is 20.5 Å². The van der Waals surface area contributed by atoms with Crippen molar-refractivity contribution < 1.29 is 19.4 Å². The Morgan fingerprint density at radius 1 is 1.25 bits per heavy atom. The monoisotopic (exact) mass is 284 g/mol. The maximum atomic E-state index is 12.1. The van der Waals surface area contributed by atoms with Gasteiger partial charge in [0.25, 0.3) is 0 Å². The summed E-state index contributed by atoms with van der Waals surface area (Å²) in [6.07, 6.45) is 3.94. The van der Waals surface area contributed by atoms with Gasteiger partial charge in [0.05, 0.1) is 12.1 Å². The van der Waals surface area contributed by atoms with Crippen LogP contribution in [0.25, 0.3) is 0 Å². The van der Waals surface area contributed by atoms with Crippen LogP contribution < -0.4 is 10.6 Å². The van der Waals surface area contributed by atoms with Crippen molar-refractivity contribution in [1.82, 2.24) is 10.6 Å². The second-order valence-electron chi connectivity index (χ2n) is 5.76. The molecule has 2 aliphatic rings. The van der Waals surface area contributed by atoms with E-state index in [0.29, 0.717) is 25.4 Å². The summed E-state index contributed by atoms with van der Waals surface area (Å²) in [7, 11) is 0. The van der Waals surface area contributed by atoms with Crippen molar-refractivity contribution in [2.45, 2.75) is 63.6 Å². The Labute approximate surface area is 119 Å². The summed E-state index contributed by atoms with van der Waals surface area (Å²) in [5, 5.41) is 14.8. The third kappa shape index (κ3) is 3.06. The van der Waals surface area contributed by atoms with Crippen molar-refractivity contribution in [3.05, 3.63) is 0 Å². The van der Waals surface area contributed by atoms with Crippen LogP contribution in [0.4, 0.5) is 4.79 Å². The average Bonchev–Trinajstić information content (AvgIpc) is 3.16. The first-order chi connectivity index (χ1) is 9.52. The predicted molar refractivity (Wildman–Crippen MR) is 73.5 cm³/mol. The number of carbonyl (C=O) groups excluding carboxylic acids is 1. The molecule has 0 aromatic heterocycles. The second-order valence-corrected chi connectivity index (χ2v) is 5.76. The highest BCUT2D eigenvalue weighted by Gasteiger charge is 2.42. The molecule has 3 N–H and O–H groups in total. The summed E-state index contributed by atoms with van der Waals surface area (Å²) in [6.45, 7) is 4.20. The van der Waals surface area contributed by atoms with Gasteiger partial charge in [-0.15, -0.1) is 0 Å². The van der Waals surface area contributed by atoms with E-state index in [9.17, 15) is 14.7 Å². The minimum absolute atomic E-state index is 0.00251. The van der Waals surface area contributed by atoms with Crippen molar-refractivity contribution in [2.24, 2.45) is 5.92 Å². The van der Waals surface area contributed by atoms with Gasteiger partial charge in [0, 0.05) is 6.61 Å². The molecule has 2 rings (SSSR count). The number of urea groups is 1. The molecule has 114 valence electrons. The number of carbonyl (C=O) groups is 2. The molecule has 6 nitrogen and oxygen atoms in total. The van der Waals surface area contributed by atoms with Crippen LogP contribution in [0.5, 0.6) is 0 Å². The van der Waals surface area contributed by atoms with Crippen LogP contribution in [0.3, 0.4) is 0 Å². The normalized spacial score (nSPS) is 26.3. The quantitative estimate of drug-likeness (QED) is 0.689. The fourth-order valence-electron chi connectivity index (χ4n) is 2.86. The maximum Gasteiger partial charge on any atom is 0.329 e. The molecule has 0 aromatic carbocycles. The highest BCUT2D eigenvalue weighted by atomic mass is 16.5. The van der Waals surface area contributed by atoms with Crippen LogP contribution >= 0.6 is 0 Å².